The second-order valence-corrected chi connectivity index (χ2v) is 6.20. The highest BCUT2D eigenvalue weighted by Gasteiger charge is 2.10. The molecule has 0 unspecified atom stereocenters. The van der Waals surface area contributed by atoms with Gasteiger partial charge in [-0.05, 0) is 51.8 Å². The Labute approximate surface area is 144 Å². The minimum Gasteiger partial charge on any atom is -0.283 e. The standard InChI is InChI=1S/C18H10BrF2N3/c19-12-7-17-18(22-9-12)24(10-23-17)14-3-1-2-11(6-14)15-5-4-13(20)8-16(15)21/h1-10H. The number of halogens is 3. The molecule has 2 heterocycles. The largest absolute Gasteiger partial charge is 0.283 e. The van der Waals surface area contributed by atoms with Crippen molar-refractivity contribution in [2.24, 2.45) is 0 Å². The van der Waals surface area contributed by atoms with Crippen LogP contribution >= 0.6 is 15.9 Å². The van der Waals surface area contributed by atoms with Crippen LogP contribution in [-0.4, -0.2) is 14.5 Å². The SMILES string of the molecule is Fc1ccc(-c2cccc(-n3cnc4cc(Br)cnc43)c2)c(F)c1. The topological polar surface area (TPSA) is 30.7 Å². The summed E-state index contributed by atoms with van der Waals surface area (Å²) in [5.41, 5.74) is 3.26. The van der Waals surface area contributed by atoms with Crippen molar-refractivity contribution in [2.45, 2.75) is 0 Å². The maximum atomic E-state index is 14.0. The minimum absolute atomic E-state index is 0.346. The molecule has 2 aromatic heterocycles. The lowest BCUT2D eigenvalue weighted by atomic mass is 10.0. The molecule has 0 amide bonds. The molecule has 0 aliphatic carbocycles. The summed E-state index contributed by atoms with van der Waals surface area (Å²) in [6, 6.07) is 12.7. The zero-order valence-electron chi connectivity index (χ0n) is 12.2. The molecule has 4 rings (SSSR count). The van der Waals surface area contributed by atoms with Crippen LogP contribution in [0.4, 0.5) is 8.78 Å². The average Bonchev–Trinajstić information content (AvgIpc) is 2.98. The summed E-state index contributed by atoms with van der Waals surface area (Å²) in [5.74, 6) is -1.19. The Morgan fingerprint density at radius 3 is 2.67 bits per heavy atom. The van der Waals surface area contributed by atoms with E-state index in [1.807, 2.05) is 28.8 Å². The second-order valence-electron chi connectivity index (χ2n) is 5.29. The monoisotopic (exact) mass is 385 g/mol. The van der Waals surface area contributed by atoms with Gasteiger partial charge in [0, 0.05) is 28.0 Å². The Balaban J connectivity index is 1.85. The van der Waals surface area contributed by atoms with Crippen molar-refractivity contribution < 1.29 is 8.78 Å². The summed E-state index contributed by atoms with van der Waals surface area (Å²) in [5, 5.41) is 0. The zero-order chi connectivity index (χ0) is 16.7. The molecule has 0 N–H and O–H groups in total. The summed E-state index contributed by atoms with van der Waals surface area (Å²) < 4.78 is 29.8. The van der Waals surface area contributed by atoms with Crippen LogP contribution in [0, 0.1) is 11.6 Å². The van der Waals surface area contributed by atoms with Gasteiger partial charge in [0.25, 0.3) is 0 Å². The molecule has 0 bridgehead atoms. The van der Waals surface area contributed by atoms with Crippen LogP contribution in [0.3, 0.4) is 0 Å². The fourth-order valence-electron chi connectivity index (χ4n) is 2.61. The summed E-state index contributed by atoms with van der Waals surface area (Å²) in [6.07, 6.45) is 3.37. The Morgan fingerprint density at radius 1 is 0.958 bits per heavy atom. The highest BCUT2D eigenvalue weighted by Crippen LogP contribution is 2.27. The number of rotatable bonds is 2. The maximum absolute atomic E-state index is 14.0. The van der Waals surface area contributed by atoms with E-state index in [1.54, 1.807) is 18.6 Å². The third-order valence-electron chi connectivity index (χ3n) is 3.72. The first-order valence-electron chi connectivity index (χ1n) is 7.16. The normalized spacial score (nSPS) is 11.1. The molecule has 0 aliphatic heterocycles. The molecule has 0 atom stereocenters. The number of nitrogens with zero attached hydrogens (tertiary/aromatic N) is 3. The maximum Gasteiger partial charge on any atom is 0.164 e. The molecule has 0 saturated heterocycles. The fraction of sp³-hybridized carbons (Fsp3) is 0. The third kappa shape index (κ3) is 2.59. The van der Waals surface area contributed by atoms with Gasteiger partial charge in [-0.2, -0.15) is 0 Å². The van der Waals surface area contributed by atoms with E-state index < -0.39 is 11.6 Å². The Morgan fingerprint density at radius 2 is 1.83 bits per heavy atom. The summed E-state index contributed by atoms with van der Waals surface area (Å²) >= 11 is 3.37. The average molecular weight is 386 g/mol. The number of hydrogen-bond donors (Lipinski definition) is 0. The van der Waals surface area contributed by atoms with E-state index in [0.717, 1.165) is 21.7 Å². The predicted octanol–water partition coefficient (Wildman–Crippen LogP) is 5.13. The van der Waals surface area contributed by atoms with Crippen LogP contribution in [0.1, 0.15) is 0 Å². The van der Waals surface area contributed by atoms with Gasteiger partial charge in [0.2, 0.25) is 0 Å². The lowest BCUT2D eigenvalue weighted by Gasteiger charge is -2.08. The fourth-order valence-corrected chi connectivity index (χ4v) is 2.93. The number of aromatic nitrogens is 3. The van der Waals surface area contributed by atoms with Crippen LogP contribution in [0.2, 0.25) is 0 Å². The van der Waals surface area contributed by atoms with Crippen molar-refractivity contribution in [3.8, 4) is 16.8 Å². The predicted molar refractivity (Wildman–Crippen MR) is 91.9 cm³/mol. The third-order valence-corrected chi connectivity index (χ3v) is 4.15. The van der Waals surface area contributed by atoms with E-state index >= 15 is 0 Å². The van der Waals surface area contributed by atoms with Crippen molar-refractivity contribution in [3.05, 3.63) is 77.2 Å². The van der Waals surface area contributed by atoms with Gasteiger partial charge in [0.05, 0.1) is 0 Å². The Kier molecular flexibility index (Phi) is 3.61. The van der Waals surface area contributed by atoms with Crippen LogP contribution in [0.25, 0.3) is 28.0 Å². The minimum atomic E-state index is -0.595. The Hall–Kier alpha value is -2.60. The Bertz CT molecular complexity index is 1060. The van der Waals surface area contributed by atoms with Crippen LogP contribution in [-0.2, 0) is 0 Å². The van der Waals surface area contributed by atoms with Gasteiger partial charge in [-0.25, -0.2) is 18.7 Å². The summed E-state index contributed by atoms with van der Waals surface area (Å²) in [4.78, 5) is 8.71. The highest BCUT2D eigenvalue weighted by molar-refractivity contribution is 9.10. The van der Waals surface area contributed by atoms with Crippen molar-refractivity contribution in [2.75, 3.05) is 0 Å². The van der Waals surface area contributed by atoms with Gasteiger partial charge in [0.1, 0.15) is 23.5 Å². The molecule has 3 nitrogen and oxygen atoms in total. The number of benzene rings is 2. The first kappa shape index (κ1) is 15.0. The van der Waals surface area contributed by atoms with Crippen molar-refractivity contribution in [1.82, 2.24) is 14.5 Å². The quantitative estimate of drug-likeness (QED) is 0.478. The van der Waals surface area contributed by atoms with E-state index in [1.165, 1.54) is 12.1 Å². The molecule has 6 heteroatoms. The van der Waals surface area contributed by atoms with Crippen LogP contribution in [0.5, 0.6) is 0 Å². The highest BCUT2D eigenvalue weighted by atomic mass is 79.9. The van der Waals surface area contributed by atoms with E-state index in [-0.39, 0.29) is 0 Å². The molecule has 4 aromatic rings. The molecular formula is C18H10BrF2N3. The lowest BCUT2D eigenvalue weighted by Crippen LogP contribution is -1.95. The molecule has 0 spiro atoms. The molecule has 24 heavy (non-hydrogen) atoms. The zero-order valence-corrected chi connectivity index (χ0v) is 13.8. The second kappa shape index (κ2) is 5.79. The number of hydrogen-bond acceptors (Lipinski definition) is 2. The molecule has 0 fully saturated rings. The number of pyridine rings is 1. The van der Waals surface area contributed by atoms with Crippen LogP contribution in [0.15, 0.2) is 65.5 Å². The van der Waals surface area contributed by atoms with Crippen molar-refractivity contribution >= 4 is 27.1 Å². The van der Waals surface area contributed by atoms with Gasteiger partial charge in [-0.1, -0.05) is 12.1 Å². The van der Waals surface area contributed by atoms with E-state index in [9.17, 15) is 8.78 Å². The molecular weight excluding hydrogens is 376 g/mol. The van der Waals surface area contributed by atoms with E-state index in [2.05, 4.69) is 25.9 Å². The molecule has 118 valence electrons. The van der Waals surface area contributed by atoms with E-state index in [0.29, 0.717) is 16.8 Å². The number of imidazole rings is 1. The van der Waals surface area contributed by atoms with Gasteiger partial charge >= 0.3 is 0 Å². The van der Waals surface area contributed by atoms with Crippen molar-refractivity contribution in [3.63, 3.8) is 0 Å². The molecule has 0 aliphatic rings. The van der Waals surface area contributed by atoms with Gasteiger partial charge in [-0.15, -0.1) is 0 Å². The van der Waals surface area contributed by atoms with Crippen LogP contribution < -0.4 is 0 Å². The van der Waals surface area contributed by atoms with Gasteiger partial charge in [-0.3, -0.25) is 4.57 Å². The van der Waals surface area contributed by atoms with Gasteiger partial charge in [0.15, 0.2) is 5.65 Å². The van der Waals surface area contributed by atoms with E-state index in [4.69, 9.17) is 0 Å². The summed E-state index contributed by atoms with van der Waals surface area (Å²) in [7, 11) is 0. The summed E-state index contributed by atoms with van der Waals surface area (Å²) in [6.45, 7) is 0. The first-order valence-corrected chi connectivity index (χ1v) is 7.95. The molecule has 2 aromatic carbocycles. The number of fused-ring (bicyclic) bond motifs is 1. The van der Waals surface area contributed by atoms with Crippen molar-refractivity contribution in [1.29, 1.82) is 0 Å². The smallest absolute Gasteiger partial charge is 0.164 e. The lowest BCUT2D eigenvalue weighted by molar-refractivity contribution is 0.585. The molecule has 0 radical (unpaired) electrons. The van der Waals surface area contributed by atoms with Gasteiger partial charge < -0.3 is 0 Å². The first-order chi connectivity index (χ1) is 11.6. The molecule has 0 saturated carbocycles.